The van der Waals surface area contributed by atoms with E-state index in [1.54, 1.807) is 0 Å². The zero-order chi connectivity index (χ0) is 7.40. The molecule has 0 aromatic heterocycles. The van der Waals surface area contributed by atoms with E-state index in [2.05, 4.69) is 19.1 Å². The Morgan fingerprint density at radius 2 is 2.30 bits per heavy atom. The van der Waals surface area contributed by atoms with Gasteiger partial charge in [-0.2, -0.15) is 5.26 Å². The molecule has 0 aromatic carbocycles. The molecule has 0 aromatic rings. The summed E-state index contributed by atoms with van der Waals surface area (Å²) in [5.41, 5.74) is 0.748. The molecule has 0 spiro atoms. The molecular formula is C9H9N. The summed E-state index contributed by atoms with van der Waals surface area (Å²) in [6.07, 6.45) is 9.67. The first-order valence-electron chi connectivity index (χ1n) is 3.29. The van der Waals surface area contributed by atoms with Crippen LogP contribution in [0.5, 0.6) is 0 Å². The van der Waals surface area contributed by atoms with Gasteiger partial charge in [-0.05, 0) is 12.0 Å². The lowest BCUT2D eigenvalue weighted by Gasteiger charge is -1.93. The number of nitriles is 1. The van der Waals surface area contributed by atoms with Crippen molar-refractivity contribution in [3.05, 3.63) is 36.0 Å². The van der Waals surface area contributed by atoms with Crippen LogP contribution >= 0.6 is 0 Å². The predicted molar refractivity (Wildman–Crippen MR) is 41.1 cm³/mol. The number of allylic oxidation sites excluding steroid dienone is 6. The minimum absolute atomic E-state index is 0.379. The summed E-state index contributed by atoms with van der Waals surface area (Å²) in [6, 6.07) is 2.11. The van der Waals surface area contributed by atoms with Crippen molar-refractivity contribution < 1.29 is 0 Å². The first-order chi connectivity index (χ1) is 4.83. The van der Waals surface area contributed by atoms with E-state index in [0.29, 0.717) is 5.92 Å². The van der Waals surface area contributed by atoms with E-state index in [-0.39, 0.29) is 0 Å². The maximum Gasteiger partial charge on any atom is 0.0988 e. The highest BCUT2D eigenvalue weighted by Crippen LogP contribution is 2.09. The van der Waals surface area contributed by atoms with Crippen LogP contribution in [-0.2, 0) is 0 Å². The Kier molecular flexibility index (Phi) is 2.07. The van der Waals surface area contributed by atoms with Gasteiger partial charge in [0.2, 0.25) is 0 Å². The van der Waals surface area contributed by atoms with E-state index in [1.807, 2.05) is 24.3 Å². The Hall–Kier alpha value is -1.29. The molecule has 0 radical (unpaired) electrons. The molecule has 0 saturated carbocycles. The Labute approximate surface area is 61.0 Å². The van der Waals surface area contributed by atoms with Gasteiger partial charge in [-0.3, -0.25) is 0 Å². The molecule has 10 heavy (non-hydrogen) atoms. The highest BCUT2D eigenvalue weighted by atomic mass is 14.2. The van der Waals surface area contributed by atoms with E-state index >= 15 is 0 Å². The van der Waals surface area contributed by atoms with Gasteiger partial charge < -0.3 is 0 Å². The third-order valence-corrected chi connectivity index (χ3v) is 1.37. The zero-order valence-electron chi connectivity index (χ0n) is 5.91. The average Bonchev–Trinajstić information content (AvgIpc) is 2.13. The van der Waals surface area contributed by atoms with Crippen molar-refractivity contribution in [3.63, 3.8) is 0 Å². The third-order valence-electron chi connectivity index (χ3n) is 1.37. The molecule has 0 aliphatic heterocycles. The van der Waals surface area contributed by atoms with Crippen LogP contribution in [0.4, 0.5) is 0 Å². The summed E-state index contributed by atoms with van der Waals surface area (Å²) < 4.78 is 0. The van der Waals surface area contributed by atoms with Crippen molar-refractivity contribution in [2.24, 2.45) is 5.92 Å². The normalized spacial score (nSPS) is 23.2. The topological polar surface area (TPSA) is 23.8 Å². The largest absolute Gasteiger partial charge is 0.192 e. The zero-order valence-corrected chi connectivity index (χ0v) is 5.91. The van der Waals surface area contributed by atoms with E-state index in [0.717, 1.165) is 5.57 Å². The lowest BCUT2D eigenvalue weighted by molar-refractivity contribution is 0.938. The summed E-state index contributed by atoms with van der Waals surface area (Å²) in [5.74, 6) is 0.379. The van der Waals surface area contributed by atoms with Crippen LogP contribution in [-0.4, -0.2) is 0 Å². The van der Waals surface area contributed by atoms with Gasteiger partial charge in [0.05, 0.1) is 6.07 Å². The minimum Gasteiger partial charge on any atom is -0.192 e. The van der Waals surface area contributed by atoms with Crippen molar-refractivity contribution in [2.45, 2.75) is 6.92 Å². The van der Waals surface area contributed by atoms with Gasteiger partial charge in [-0.25, -0.2) is 0 Å². The molecule has 1 atom stereocenters. The number of hydrogen-bond donors (Lipinski definition) is 0. The molecule has 1 unspecified atom stereocenters. The number of rotatable bonds is 0. The monoisotopic (exact) mass is 131 g/mol. The molecule has 1 nitrogen and oxygen atoms in total. The lowest BCUT2D eigenvalue weighted by atomic mass is 10.1. The second kappa shape index (κ2) is 3.03. The Morgan fingerprint density at radius 3 is 3.00 bits per heavy atom. The first kappa shape index (κ1) is 6.82. The summed E-state index contributed by atoms with van der Waals surface area (Å²) in [5, 5.41) is 8.54. The maximum absolute atomic E-state index is 8.54. The molecule has 50 valence electrons. The van der Waals surface area contributed by atoms with Crippen LogP contribution in [0.15, 0.2) is 36.0 Å². The van der Waals surface area contributed by atoms with Gasteiger partial charge in [0, 0.05) is 5.57 Å². The van der Waals surface area contributed by atoms with E-state index < -0.39 is 0 Å². The molecule has 1 aliphatic carbocycles. The molecule has 0 bridgehead atoms. The summed E-state index contributed by atoms with van der Waals surface area (Å²) >= 11 is 0. The molecule has 0 N–H and O–H groups in total. The van der Waals surface area contributed by atoms with Gasteiger partial charge in [-0.15, -0.1) is 0 Å². The van der Waals surface area contributed by atoms with Crippen molar-refractivity contribution in [1.82, 2.24) is 0 Å². The van der Waals surface area contributed by atoms with Crippen molar-refractivity contribution in [2.75, 3.05) is 0 Å². The Morgan fingerprint density at radius 1 is 1.50 bits per heavy atom. The van der Waals surface area contributed by atoms with Crippen molar-refractivity contribution >= 4 is 0 Å². The SMILES string of the molecule is CC1C=CC=CC(C#N)=C1. The molecule has 1 heteroatoms. The Bertz CT molecular complexity index is 238. The lowest BCUT2D eigenvalue weighted by Crippen LogP contribution is -1.81. The number of nitrogens with zero attached hydrogens (tertiary/aromatic N) is 1. The summed E-state index contributed by atoms with van der Waals surface area (Å²) in [7, 11) is 0. The fourth-order valence-corrected chi connectivity index (χ4v) is 0.868. The van der Waals surface area contributed by atoms with E-state index in [1.165, 1.54) is 0 Å². The van der Waals surface area contributed by atoms with Crippen LogP contribution in [0.1, 0.15) is 6.92 Å². The van der Waals surface area contributed by atoms with Gasteiger partial charge in [-0.1, -0.05) is 31.2 Å². The molecule has 1 rings (SSSR count). The average molecular weight is 131 g/mol. The van der Waals surface area contributed by atoms with Gasteiger partial charge in [0.15, 0.2) is 0 Å². The number of hydrogen-bond acceptors (Lipinski definition) is 1. The third kappa shape index (κ3) is 1.60. The molecule has 0 amide bonds. The highest BCUT2D eigenvalue weighted by Gasteiger charge is 1.96. The maximum atomic E-state index is 8.54. The minimum atomic E-state index is 0.379. The standard InChI is InChI=1S/C9H9N/c1-8-4-2-3-5-9(6-8)7-10/h2-6,8H,1H3. The smallest absolute Gasteiger partial charge is 0.0988 e. The summed E-state index contributed by atoms with van der Waals surface area (Å²) in [4.78, 5) is 0. The van der Waals surface area contributed by atoms with Gasteiger partial charge in [0.1, 0.15) is 0 Å². The van der Waals surface area contributed by atoms with E-state index in [4.69, 9.17) is 5.26 Å². The molecule has 0 heterocycles. The fraction of sp³-hybridized carbons (Fsp3) is 0.222. The van der Waals surface area contributed by atoms with Crippen molar-refractivity contribution in [3.8, 4) is 6.07 Å². The molecule has 0 fully saturated rings. The van der Waals surface area contributed by atoms with Crippen LogP contribution in [0.25, 0.3) is 0 Å². The Balaban J connectivity index is 2.87. The van der Waals surface area contributed by atoms with E-state index in [9.17, 15) is 0 Å². The van der Waals surface area contributed by atoms with Crippen LogP contribution in [0.3, 0.4) is 0 Å². The molecule has 1 aliphatic rings. The van der Waals surface area contributed by atoms with Gasteiger partial charge >= 0.3 is 0 Å². The first-order valence-corrected chi connectivity index (χ1v) is 3.29. The summed E-state index contributed by atoms with van der Waals surface area (Å²) in [6.45, 7) is 2.06. The molecule has 0 saturated heterocycles. The molecular weight excluding hydrogens is 122 g/mol. The fourth-order valence-electron chi connectivity index (χ4n) is 0.868. The van der Waals surface area contributed by atoms with Crippen molar-refractivity contribution in [1.29, 1.82) is 5.26 Å². The second-order valence-corrected chi connectivity index (χ2v) is 2.34. The van der Waals surface area contributed by atoms with Gasteiger partial charge in [0.25, 0.3) is 0 Å². The quantitative estimate of drug-likeness (QED) is 0.494. The highest BCUT2D eigenvalue weighted by molar-refractivity contribution is 5.37. The van der Waals surface area contributed by atoms with Crippen LogP contribution in [0, 0.1) is 17.2 Å². The van der Waals surface area contributed by atoms with Crippen LogP contribution < -0.4 is 0 Å². The van der Waals surface area contributed by atoms with Crippen LogP contribution in [0.2, 0.25) is 0 Å². The predicted octanol–water partition coefficient (Wildman–Crippen LogP) is 2.20. The second-order valence-electron chi connectivity index (χ2n) is 2.34.